The molecule has 2 heteroatoms. The molecule has 0 unspecified atom stereocenters. The van der Waals surface area contributed by atoms with Gasteiger partial charge in [0.15, 0.2) is 0 Å². The second-order valence-corrected chi connectivity index (χ2v) is 15.1. The molecule has 5 aliphatic rings. The van der Waals surface area contributed by atoms with Crippen LogP contribution >= 0.6 is 0 Å². The number of hydrogen-bond donors (Lipinski definition) is 1. The van der Waals surface area contributed by atoms with E-state index in [1.165, 1.54) is 57.8 Å². The van der Waals surface area contributed by atoms with Gasteiger partial charge < -0.3 is 9.84 Å². The second kappa shape index (κ2) is 7.58. The minimum Gasteiger partial charge on any atom is -0.393 e. The molecule has 5 aliphatic carbocycles. The van der Waals surface area contributed by atoms with Gasteiger partial charge in [-0.25, -0.2) is 0 Å². The molecule has 4 fully saturated rings. The van der Waals surface area contributed by atoms with Crippen molar-refractivity contribution in [3.05, 3.63) is 11.6 Å². The minimum absolute atomic E-state index is 0.0479. The molecular weight excluding hydrogens is 404 g/mol. The van der Waals surface area contributed by atoms with Gasteiger partial charge in [-0.2, -0.15) is 0 Å². The topological polar surface area (TPSA) is 29.5 Å². The van der Waals surface area contributed by atoms with Gasteiger partial charge in [0.05, 0.1) is 12.2 Å². The fourth-order valence-corrected chi connectivity index (χ4v) is 11.3. The average molecular weight is 457 g/mol. The number of rotatable bonds is 1. The summed E-state index contributed by atoms with van der Waals surface area (Å²) in [6.07, 6.45) is 15.7. The fourth-order valence-electron chi connectivity index (χ4n) is 11.3. The lowest BCUT2D eigenvalue weighted by Crippen LogP contribution is -2.58. The van der Waals surface area contributed by atoms with E-state index in [4.69, 9.17) is 4.74 Å². The maximum Gasteiger partial charge on any atom is 0.0625 e. The van der Waals surface area contributed by atoms with Gasteiger partial charge in [0.2, 0.25) is 0 Å². The molecule has 33 heavy (non-hydrogen) atoms. The monoisotopic (exact) mass is 456 g/mol. The number of allylic oxidation sites excluding steroid dienone is 2. The maximum absolute atomic E-state index is 10.9. The highest BCUT2D eigenvalue weighted by atomic mass is 16.5. The molecule has 4 saturated carbocycles. The summed E-state index contributed by atoms with van der Waals surface area (Å²) in [6.45, 7) is 17.6. The van der Waals surface area contributed by atoms with Crippen molar-refractivity contribution in [3.8, 4) is 0 Å². The first-order valence-corrected chi connectivity index (χ1v) is 14.2. The number of aliphatic hydroxyl groups excluding tert-OH is 1. The third-order valence-electron chi connectivity index (χ3n) is 13.1. The van der Waals surface area contributed by atoms with Crippen LogP contribution in [-0.2, 0) is 4.74 Å². The van der Waals surface area contributed by atoms with Gasteiger partial charge in [0.1, 0.15) is 0 Å². The van der Waals surface area contributed by atoms with Crippen molar-refractivity contribution in [1.82, 2.24) is 0 Å². The van der Waals surface area contributed by atoms with Crippen molar-refractivity contribution in [1.29, 1.82) is 0 Å². The van der Waals surface area contributed by atoms with Gasteiger partial charge in [-0.15, -0.1) is 0 Å². The third-order valence-corrected chi connectivity index (χ3v) is 13.1. The molecule has 0 aromatic carbocycles. The van der Waals surface area contributed by atoms with Crippen LogP contribution in [-0.4, -0.2) is 24.4 Å². The van der Waals surface area contributed by atoms with Crippen LogP contribution in [0.3, 0.4) is 0 Å². The predicted molar refractivity (Wildman–Crippen MR) is 137 cm³/mol. The summed E-state index contributed by atoms with van der Waals surface area (Å²) in [7, 11) is 1.93. The van der Waals surface area contributed by atoms with E-state index in [9.17, 15) is 5.11 Å². The van der Waals surface area contributed by atoms with Crippen molar-refractivity contribution in [2.75, 3.05) is 7.11 Å². The summed E-state index contributed by atoms with van der Waals surface area (Å²) in [5.74, 6) is 2.91. The molecule has 0 amide bonds. The normalized spacial score (nSPS) is 52.9. The Labute approximate surface area is 204 Å². The molecule has 2 nitrogen and oxygen atoms in total. The van der Waals surface area contributed by atoms with Crippen LogP contribution < -0.4 is 0 Å². The van der Waals surface area contributed by atoms with Crippen molar-refractivity contribution < 1.29 is 9.84 Å². The number of fused-ring (bicyclic) bond motifs is 6. The maximum atomic E-state index is 10.9. The van der Waals surface area contributed by atoms with Crippen LogP contribution in [0.5, 0.6) is 0 Å². The Bertz CT molecular complexity index is 810. The lowest BCUT2D eigenvalue weighted by Gasteiger charge is -2.63. The van der Waals surface area contributed by atoms with Crippen LogP contribution in [0.4, 0.5) is 0 Å². The predicted octanol–water partition coefficient (Wildman–Crippen LogP) is 7.79. The van der Waals surface area contributed by atoms with E-state index in [1.807, 2.05) is 12.7 Å². The van der Waals surface area contributed by atoms with Crippen molar-refractivity contribution >= 4 is 0 Å². The van der Waals surface area contributed by atoms with Gasteiger partial charge in [-0.05, 0) is 115 Å². The number of aliphatic hydroxyl groups is 1. The average Bonchev–Trinajstić information content (AvgIpc) is 2.88. The fraction of sp³-hybridized carbons (Fsp3) is 0.935. The van der Waals surface area contributed by atoms with E-state index < -0.39 is 0 Å². The number of ether oxygens (including phenoxy) is 1. The lowest BCUT2D eigenvalue weighted by molar-refractivity contribution is -0.170. The van der Waals surface area contributed by atoms with Crippen LogP contribution in [0.15, 0.2) is 11.6 Å². The Hall–Kier alpha value is -0.340. The van der Waals surface area contributed by atoms with Crippen molar-refractivity contribution in [2.45, 2.75) is 125 Å². The lowest BCUT2D eigenvalue weighted by atomic mass is 9.42. The molecule has 0 saturated heterocycles. The highest BCUT2D eigenvalue weighted by Crippen LogP contribution is 2.70. The SMILES string of the molecule is CO[C@@H]1CC[C@]2(C)[C@H]3CC[C@H]4[C@@](C)(CC[C@H]5C(C)(C)[C@@H](O)CC[C@@]54C)CC3=CC[C@H]2C1(C)C. The summed E-state index contributed by atoms with van der Waals surface area (Å²) < 4.78 is 6.01. The van der Waals surface area contributed by atoms with Gasteiger partial charge in [0.25, 0.3) is 0 Å². The molecule has 0 aromatic heterocycles. The van der Waals surface area contributed by atoms with Crippen molar-refractivity contribution in [2.24, 2.45) is 50.7 Å². The molecule has 0 bridgehead atoms. The summed E-state index contributed by atoms with van der Waals surface area (Å²) in [5, 5.41) is 10.9. The number of methoxy groups -OCH3 is 1. The molecule has 9 atom stereocenters. The van der Waals surface area contributed by atoms with E-state index in [0.29, 0.717) is 28.3 Å². The molecule has 0 aromatic rings. The first-order chi connectivity index (χ1) is 15.3. The summed E-state index contributed by atoms with van der Waals surface area (Å²) in [4.78, 5) is 0. The van der Waals surface area contributed by atoms with Gasteiger partial charge in [-0.3, -0.25) is 0 Å². The van der Waals surface area contributed by atoms with Gasteiger partial charge >= 0.3 is 0 Å². The molecule has 0 radical (unpaired) electrons. The first-order valence-electron chi connectivity index (χ1n) is 14.2. The van der Waals surface area contributed by atoms with Crippen molar-refractivity contribution in [3.63, 3.8) is 0 Å². The van der Waals surface area contributed by atoms with Crippen LogP contribution in [0.2, 0.25) is 0 Å². The van der Waals surface area contributed by atoms with E-state index in [0.717, 1.165) is 24.2 Å². The molecule has 188 valence electrons. The smallest absolute Gasteiger partial charge is 0.0625 e. The Kier molecular flexibility index (Phi) is 5.60. The Morgan fingerprint density at radius 2 is 1.45 bits per heavy atom. The van der Waals surface area contributed by atoms with Gasteiger partial charge in [-0.1, -0.05) is 60.1 Å². The van der Waals surface area contributed by atoms with Crippen LogP contribution in [0.1, 0.15) is 113 Å². The van der Waals surface area contributed by atoms with E-state index in [-0.39, 0.29) is 16.9 Å². The van der Waals surface area contributed by atoms with E-state index in [1.54, 1.807) is 0 Å². The Morgan fingerprint density at radius 3 is 2.15 bits per heavy atom. The molecule has 0 heterocycles. The summed E-state index contributed by atoms with van der Waals surface area (Å²) >= 11 is 0. The Morgan fingerprint density at radius 1 is 0.758 bits per heavy atom. The molecule has 0 spiro atoms. The zero-order valence-electron chi connectivity index (χ0n) is 23.0. The zero-order chi connectivity index (χ0) is 24.0. The molecule has 1 N–H and O–H groups in total. The molecule has 5 rings (SSSR count). The number of hydrogen-bond acceptors (Lipinski definition) is 2. The van der Waals surface area contributed by atoms with E-state index in [2.05, 4.69) is 54.5 Å². The van der Waals surface area contributed by atoms with Crippen LogP contribution in [0.25, 0.3) is 0 Å². The van der Waals surface area contributed by atoms with E-state index >= 15 is 0 Å². The highest BCUT2D eigenvalue weighted by Gasteiger charge is 2.63. The molecular formula is C31H52O2. The summed E-state index contributed by atoms with van der Waals surface area (Å²) in [6, 6.07) is 0. The highest BCUT2D eigenvalue weighted by molar-refractivity contribution is 5.25. The first kappa shape index (κ1) is 24.4. The van der Waals surface area contributed by atoms with Crippen LogP contribution in [0, 0.1) is 50.7 Å². The quantitative estimate of drug-likeness (QED) is 0.408. The zero-order valence-corrected chi connectivity index (χ0v) is 23.0. The minimum atomic E-state index is -0.131. The second-order valence-electron chi connectivity index (χ2n) is 15.1. The largest absolute Gasteiger partial charge is 0.393 e. The van der Waals surface area contributed by atoms with Gasteiger partial charge in [0, 0.05) is 7.11 Å². The summed E-state index contributed by atoms with van der Waals surface area (Å²) in [5.41, 5.74) is 3.32. The standard InChI is InChI=1S/C31H52O2/c1-27(2)23-13-16-29(5)19-20-9-11-22-28(3,4)26(33-8)15-18-30(22,6)21(20)10-12-24(29)31(23,7)17-14-25(27)32/h9,21-26,32H,10-19H2,1-8H3/t21-,22-,23-,24-,25-,26+,29-,30+,31-/m0/s1. The Balaban J connectivity index is 1.49. The third kappa shape index (κ3) is 3.24. The molecule has 0 aliphatic heterocycles.